The van der Waals surface area contributed by atoms with E-state index in [0.717, 1.165) is 17.5 Å². The Kier molecular flexibility index (Phi) is 11.1. The van der Waals surface area contributed by atoms with Crippen molar-refractivity contribution in [2.75, 3.05) is 25.6 Å². The lowest BCUT2D eigenvalue weighted by Gasteiger charge is -2.24. The van der Waals surface area contributed by atoms with Crippen LogP contribution in [-0.2, 0) is 17.4 Å². The lowest BCUT2D eigenvalue weighted by atomic mass is 10.1. The predicted octanol–water partition coefficient (Wildman–Crippen LogP) is 4.13. The lowest BCUT2D eigenvalue weighted by Crippen LogP contribution is -2.35. The summed E-state index contributed by atoms with van der Waals surface area (Å²) in [7, 11) is -3.39. The molecule has 3 rings (SSSR count). The van der Waals surface area contributed by atoms with Crippen LogP contribution in [-0.4, -0.2) is 57.0 Å². The first-order valence-electron chi connectivity index (χ1n) is 12.3. The highest BCUT2D eigenvalue weighted by Crippen LogP contribution is 2.41. The van der Waals surface area contributed by atoms with Crippen LogP contribution in [0.3, 0.4) is 0 Å². The maximum atomic E-state index is 12.5. The average molecular weight is 530 g/mol. The molecule has 4 N–H and O–H groups in total. The van der Waals surface area contributed by atoms with E-state index in [-0.39, 0.29) is 19.1 Å². The fourth-order valence-corrected chi connectivity index (χ4v) is 4.90. The Bertz CT molecular complexity index is 1120. The minimum absolute atomic E-state index is 0.208. The Labute approximate surface area is 218 Å². The molecule has 0 heterocycles. The number of benzene rings is 3. The Morgan fingerprint density at radius 3 is 2.24 bits per heavy atom. The van der Waals surface area contributed by atoms with Crippen molar-refractivity contribution in [2.45, 2.75) is 38.6 Å². The van der Waals surface area contributed by atoms with Crippen LogP contribution in [0.2, 0.25) is 0 Å². The summed E-state index contributed by atoms with van der Waals surface area (Å²) < 4.78 is 18.1. The van der Waals surface area contributed by atoms with Crippen molar-refractivity contribution >= 4 is 7.37 Å². The third-order valence-electron chi connectivity index (χ3n) is 5.68. The average Bonchev–Trinajstić information content (AvgIpc) is 2.87. The molecule has 2 atom stereocenters. The number of aliphatic hydroxyl groups excluding tert-OH is 2. The largest absolute Gasteiger partial charge is 0.484 e. The number of nitrogens with zero attached hydrogens (tertiary/aromatic N) is 1. The van der Waals surface area contributed by atoms with E-state index in [1.165, 1.54) is 6.07 Å². The number of hydrogen-bond donors (Lipinski definition) is 4. The van der Waals surface area contributed by atoms with Gasteiger partial charge in [0.05, 0.1) is 12.6 Å². The van der Waals surface area contributed by atoms with E-state index < -0.39 is 19.8 Å². The normalized spacial score (nSPS) is 13.9. The maximum Gasteiger partial charge on any atom is 0.236 e. The Hall–Kier alpha value is -2.71. The highest BCUT2D eigenvalue weighted by molar-refractivity contribution is 7.57. The predicted molar refractivity (Wildman–Crippen MR) is 143 cm³/mol. The highest BCUT2D eigenvalue weighted by Gasteiger charge is 2.19. The zero-order valence-electron chi connectivity index (χ0n) is 21.0. The minimum atomic E-state index is -3.39. The van der Waals surface area contributed by atoms with Gasteiger partial charge in [-0.3, -0.25) is 4.57 Å². The van der Waals surface area contributed by atoms with E-state index in [2.05, 4.69) is 0 Å². The molecule has 0 spiro atoms. The van der Waals surface area contributed by atoms with E-state index in [4.69, 9.17) is 9.57 Å². The second kappa shape index (κ2) is 14.3. The van der Waals surface area contributed by atoms with Gasteiger partial charge in [-0.05, 0) is 61.6 Å². The summed E-state index contributed by atoms with van der Waals surface area (Å²) in [5, 5.41) is 30.2. The second-order valence-corrected chi connectivity index (χ2v) is 11.5. The smallest absolute Gasteiger partial charge is 0.236 e. The van der Waals surface area contributed by atoms with E-state index in [1.54, 1.807) is 42.3 Å². The van der Waals surface area contributed by atoms with Crippen molar-refractivity contribution in [1.82, 2.24) is 5.06 Å². The van der Waals surface area contributed by atoms with Gasteiger partial charge in [-0.2, -0.15) is 0 Å². The van der Waals surface area contributed by atoms with Crippen LogP contribution < -0.4 is 9.57 Å². The number of aryl methyl sites for hydroxylation is 1. The van der Waals surface area contributed by atoms with Crippen molar-refractivity contribution in [3.8, 4) is 11.5 Å². The topological polar surface area (TPSA) is 120 Å². The minimum Gasteiger partial charge on any atom is -0.484 e. The molecular weight excluding hydrogens is 493 g/mol. The zero-order chi connectivity index (χ0) is 26.7. The number of rotatable bonds is 15. The molecule has 37 heavy (non-hydrogen) atoms. The Morgan fingerprint density at radius 1 is 0.865 bits per heavy atom. The third-order valence-corrected chi connectivity index (χ3v) is 7.23. The summed E-state index contributed by atoms with van der Waals surface area (Å²) >= 11 is 0. The van der Waals surface area contributed by atoms with Gasteiger partial charge in [0.25, 0.3) is 0 Å². The molecule has 200 valence electrons. The van der Waals surface area contributed by atoms with Gasteiger partial charge in [0, 0.05) is 18.3 Å². The van der Waals surface area contributed by atoms with Gasteiger partial charge in [0.2, 0.25) is 7.37 Å². The van der Waals surface area contributed by atoms with Crippen LogP contribution in [0.5, 0.6) is 11.5 Å². The fourth-order valence-electron chi connectivity index (χ4n) is 3.77. The molecule has 8 nitrogen and oxygen atoms in total. The van der Waals surface area contributed by atoms with Crippen LogP contribution in [0, 0.1) is 0 Å². The van der Waals surface area contributed by atoms with Gasteiger partial charge in [0.1, 0.15) is 11.5 Å². The molecule has 0 saturated carbocycles. The van der Waals surface area contributed by atoms with Crippen LogP contribution in [0.1, 0.15) is 36.3 Å². The van der Waals surface area contributed by atoms with Gasteiger partial charge >= 0.3 is 0 Å². The summed E-state index contributed by atoms with van der Waals surface area (Å²) in [6.45, 7) is 2.41. The second-order valence-electron chi connectivity index (χ2n) is 9.10. The van der Waals surface area contributed by atoms with Crippen LogP contribution in [0.15, 0.2) is 78.9 Å². The molecule has 0 fully saturated rings. The van der Waals surface area contributed by atoms with Gasteiger partial charge in [-0.15, -0.1) is 5.06 Å². The first kappa shape index (κ1) is 28.9. The molecule has 3 aromatic carbocycles. The third kappa shape index (κ3) is 10.7. The van der Waals surface area contributed by atoms with Crippen molar-refractivity contribution in [1.29, 1.82) is 0 Å². The molecule has 9 heteroatoms. The summed E-state index contributed by atoms with van der Waals surface area (Å²) in [6.07, 6.45) is -0.237. The number of ether oxygens (including phenoxy) is 1. The molecule has 0 aliphatic heterocycles. The first-order valence-corrected chi connectivity index (χ1v) is 14.4. The van der Waals surface area contributed by atoms with Crippen LogP contribution in [0.25, 0.3) is 0 Å². The number of aliphatic hydroxyl groups is 3. The molecule has 0 aliphatic rings. The zero-order valence-corrected chi connectivity index (χ0v) is 21.9. The number of hydrogen-bond acceptors (Lipinski definition) is 7. The quantitative estimate of drug-likeness (QED) is 0.132. The van der Waals surface area contributed by atoms with Crippen molar-refractivity contribution in [2.24, 2.45) is 0 Å². The van der Waals surface area contributed by atoms with Crippen molar-refractivity contribution in [3.63, 3.8) is 0 Å². The van der Waals surface area contributed by atoms with E-state index in [1.807, 2.05) is 42.5 Å². The van der Waals surface area contributed by atoms with E-state index >= 15 is 0 Å². The molecule has 0 aromatic heterocycles. The lowest BCUT2D eigenvalue weighted by molar-refractivity contribution is -0.0814. The van der Waals surface area contributed by atoms with Gasteiger partial charge in [-0.1, -0.05) is 54.6 Å². The summed E-state index contributed by atoms with van der Waals surface area (Å²) in [5.74, 6) is 0.963. The maximum absolute atomic E-state index is 12.5. The van der Waals surface area contributed by atoms with Crippen molar-refractivity contribution in [3.05, 3.63) is 95.6 Å². The SMILES string of the molecule is C[C@H](O)CN(CCc1ccc(OCP(=O)(O)CCCc2ccccc2)cc1)Oc1cccc(C(O)O)c1. The van der Waals surface area contributed by atoms with Gasteiger partial charge in [0.15, 0.2) is 12.6 Å². The fraction of sp³-hybridized carbons (Fsp3) is 0.357. The Morgan fingerprint density at radius 2 is 1.57 bits per heavy atom. The Balaban J connectivity index is 1.47. The molecule has 0 aliphatic carbocycles. The molecule has 0 radical (unpaired) electrons. The highest BCUT2D eigenvalue weighted by atomic mass is 31.2. The molecule has 0 saturated heterocycles. The van der Waals surface area contributed by atoms with Gasteiger partial charge in [-0.25, -0.2) is 0 Å². The summed E-state index contributed by atoms with van der Waals surface area (Å²) in [5.41, 5.74) is 2.46. The molecular formula is C28H36NO7P. The van der Waals surface area contributed by atoms with Gasteiger partial charge < -0.3 is 29.8 Å². The summed E-state index contributed by atoms with van der Waals surface area (Å²) in [4.78, 5) is 16.1. The van der Waals surface area contributed by atoms with E-state index in [0.29, 0.717) is 36.4 Å². The monoisotopic (exact) mass is 529 g/mol. The van der Waals surface area contributed by atoms with E-state index in [9.17, 15) is 24.8 Å². The van der Waals surface area contributed by atoms with Crippen LogP contribution >= 0.6 is 7.37 Å². The summed E-state index contributed by atoms with van der Waals surface area (Å²) in [6, 6.07) is 23.7. The molecule has 0 bridgehead atoms. The van der Waals surface area contributed by atoms with Crippen molar-refractivity contribution < 1.29 is 34.4 Å². The molecule has 1 unspecified atom stereocenters. The number of hydroxylamine groups is 2. The van der Waals surface area contributed by atoms with Crippen LogP contribution in [0.4, 0.5) is 0 Å². The molecule has 3 aromatic rings. The molecule has 0 amide bonds. The first-order chi connectivity index (χ1) is 17.7. The standard InChI is InChI=1S/C28H36NO7P/c1-22(30)20-29(36-27-11-5-10-25(19-27)28(31)32)17-16-24-12-14-26(15-13-24)35-21-37(33,34)18-6-9-23-7-3-2-4-8-23/h2-5,7-8,10-15,19,22,28,30-32H,6,9,16-18,20-21H2,1H3,(H,33,34)/t22-/m0/s1.